The molecule has 8 bridgehead atoms. The van der Waals surface area contributed by atoms with Crippen molar-refractivity contribution in [1.29, 1.82) is 0 Å². The molecule has 9 nitrogen and oxygen atoms in total. The summed E-state index contributed by atoms with van der Waals surface area (Å²) in [5.41, 5.74) is -3.41. The zero-order valence-corrected chi connectivity index (χ0v) is 36.9. The zero-order chi connectivity index (χ0) is 41.3. The summed E-state index contributed by atoms with van der Waals surface area (Å²) in [6, 6.07) is 0. The van der Waals surface area contributed by atoms with Crippen LogP contribution in [-0.2, 0) is 38.1 Å². The Labute approximate surface area is 337 Å². The van der Waals surface area contributed by atoms with Crippen LogP contribution in [-0.4, -0.2) is 58.0 Å². The number of carbonyl (C=O) groups excluding carboxylic acids is 4. The van der Waals surface area contributed by atoms with Crippen LogP contribution in [0.3, 0.4) is 0 Å². The van der Waals surface area contributed by atoms with Gasteiger partial charge in [-0.25, -0.2) is 4.79 Å². The average Bonchev–Trinajstić information content (AvgIpc) is 3.95. The van der Waals surface area contributed by atoms with Crippen LogP contribution in [0.4, 0.5) is 0 Å². The van der Waals surface area contributed by atoms with E-state index in [2.05, 4.69) is 13.8 Å². The van der Waals surface area contributed by atoms with Gasteiger partial charge in [0.1, 0.15) is 11.2 Å². The second kappa shape index (κ2) is 15.1. The molecule has 0 radical (unpaired) electrons. The lowest BCUT2D eigenvalue weighted by molar-refractivity contribution is -0.225. The minimum absolute atomic E-state index is 0.0455. The van der Waals surface area contributed by atoms with Crippen LogP contribution in [0, 0.1) is 63.6 Å². The zero-order valence-electron chi connectivity index (χ0n) is 36.9. The van der Waals surface area contributed by atoms with Crippen molar-refractivity contribution in [3.8, 4) is 0 Å². The van der Waals surface area contributed by atoms with Gasteiger partial charge in [-0.3, -0.25) is 14.4 Å². The number of rotatable bonds is 10. The first-order valence-corrected chi connectivity index (χ1v) is 22.6. The molecular weight excluding hydrogens is 709 g/mol. The van der Waals surface area contributed by atoms with E-state index in [0.29, 0.717) is 43.6 Å². The van der Waals surface area contributed by atoms with Crippen molar-refractivity contribution >= 4 is 23.9 Å². The summed E-state index contributed by atoms with van der Waals surface area (Å²) in [5.74, 6) is 5.65. The highest BCUT2D eigenvalue weighted by atomic mass is 16.6. The van der Waals surface area contributed by atoms with E-state index >= 15 is 0 Å². The van der Waals surface area contributed by atoms with Crippen molar-refractivity contribution in [1.82, 2.24) is 0 Å². The van der Waals surface area contributed by atoms with Crippen LogP contribution in [0.2, 0.25) is 0 Å². The lowest BCUT2D eigenvalue weighted by Gasteiger charge is -2.59. The molecule has 1 aliphatic heterocycles. The van der Waals surface area contributed by atoms with E-state index in [1.165, 1.54) is 32.1 Å². The van der Waals surface area contributed by atoms with Crippen molar-refractivity contribution in [2.24, 2.45) is 63.6 Å². The maximum absolute atomic E-state index is 12.7. The first-order chi connectivity index (χ1) is 26.0. The Bertz CT molecular complexity index is 1500. The molecule has 9 heteroatoms. The van der Waals surface area contributed by atoms with Crippen LogP contribution in [0.25, 0.3) is 0 Å². The Morgan fingerprint density at radius 3 is 1.70 bits per heavy atom. The summed E-state index contributed by atoms with van der Waals surface area (Å²) >= 11 is 0. The monoisotopic (exact) mass is 785 g/mol. The molecule has 10 atom stereocenters. The molecule has 10 unspecified atom stereocenters. The fourth-order valence-corrected chi connectivity index (χ4v) is 12.7. The Morgan fingerprint density at radius 1 is 0.696 bits per heavy atom. The van der Waals surface area contributed by atoms with Gasteiger partial charge in [-0.2, -0.15) is 0 Å². The molecule has 0 spiro atoms. The average molecular weight is 785 g/mol. The third-order valence-corrected chi connectivity index (χ3v) is 16.9. The highest BCUT2D eigenvalue weighted by Gasteiger charge is 2.68. The summed E-state index contributed by atoms with van der Waals surface area (Å²) in [7, 11) is 0. The van der Waals surface area contributed by atoms with Crippen LogP contribution in [0.15, 0.2) is 0 Å². The summed E-state index contributed by atoms with van der Waals surface area (Å²) in [6.07, 6.45) is 16.4. The van der Waals surface area contributed by atoms with Gasteiger partial charge in [0, 0.05) is 18.8 Å². The SMILES string of the molecule is CCC(C)(C)C(=O)OC1(C)CCOC1=O.CCC(C)(C)C(=O)OC1(CC)CC2CC1C1C3CCC(C3)C21.CCC(C)(C)C(=O)OC12CC3CC(CC(O)(C3)C1)C2. The number of hydrogen-bond acceptors (Lipinski definition) is 9. The highest BCUT2D eigenvalue weighted by molar-refractivity contribution is 5.86. The molecule has 8 saturated carbocycles. The highest BCUT2D eigenvalue weighted by Crippen LogP contribution is 2.71. The van der Waals surface area contributed by atoms with E-state index in [1.807, 2.05) is 41.5 Å². The van der Waals surface area contributed by atoms with Crippen molar-refractivity contribution < 1.29 is 43.2 Å². The molecule has 1 heterocycles. The lowest BCUT2D eigenvalue weighted by atomic mass is 9.52. The standard InChI is InChI=1S/C20H32O2.C16H26O3.C11H18O4/c1-5-19(3,4)18(21)22-20(6-2)11-14-10-15(20)17-13-8-7-12(9-13)16(14)17;1-4-14(2,3)13(17)19-16-8-11-5-12(9-16)7-15(18,6-11)10-16;1-5-10(2,3)8(12)15-11(4)6-7-14-9(11)13/h12-17H,5-11H2,1-4H3;11-12,18H,4-10H2,1-3H3;5-7H2,1-4H3. The van der Waals surface area contributed by atoms with Crippen molar-refractivity contribution in [2.45, 2.75) is 201 Å². The van der Waals surface area contributed by atoms with Gasteiger partial charge in [-0.1, -0.05) is 27.7 Å². The quantitative estimate of drug-likeness (QED) is 0.131. The Morgan fingerprint density at radius 2 is 1.21 bits per heavy atom. The smallest absolute Gasteiger partial charge is 0.350 e. The predicted molar refractivity (Wildman–Crippen MR) is 214 cm³/mol. The number of ether oxygens (including phenoxy) is 4. The Kier molecular flexibility index (Phi) is 11.7. The second-order valence-electron chi connectivity index (χ2n) is 22.1. The fraction of sp³-hybridized carbons (Fsp3) is 0.915. The van der Waals surface area contributed by atoms with Gasteiger partial charge in [-0.15, -0.1) is 0 Å². The maximum Gasteiger partial charge on any atom is 0.350 e. The van der Waals surface area contributed by atoms with Gasteiger partial charge in [0.15, 0.2) is 0 Å². The fourth-order valence-electron chi connectivity index (χ4n) is 12.7. The molecule has 1 N–H and O–H groups in total. The molecule has 0 aromatic carbocycles. The number of aliphatic hydroxyl groups is 1. The first-order valence-electron chi connectivity index (χ1n) is 22.6. The molecule has 9 rings (SSSR count). The summed E-state index contributed by atoms with van der Waals surface area (Å²) < 4.78 is 22.3. The molecule has 0 aromatic rings. The van der Waals surface area contributed by atoms with Gasteiger partial charge >= 0.3 is 23.9 Å². The normalized spacial score (nSPS) is 41.2. The van der Waals surface area contributed by atoms with E-state index in [9.17, 15) is 24.3 Å². The Hall–Kier alpha value is -2.16. The van der Waals surface area contributed by atoms with Crippen molar-refractivity contribution in [3.05, 3.63) is 0 Å². The molecule has 9 aliphatic rings. The van der Waals surface area contributed by atoms with E-state index in [1.54, 1.807) is 20.8 Å². The largest absolute Gasteiger partial charge is 0.463 e. The van der Waals surface area contributed by atoms with E-state index in [0.717, 1.165) is 81.0 Å². The topological polar surface area (TPSA) is 125 Å². The van der Waals surface area contributed by atoms with Gasteiger partial charge in [-0.05, 0) is 180 Å². The van der Waals surface area contributed by atoms with Crippen LogP contribution >= 0.6 is 0 Å². The minimum atomic E-state index is -1.08. The number of cyclic esters (lactones) is 1. The minimum Gasteiger partial charge on any atom is -0.463 e. The molecule has 0 amide bonds. The maximum atomic E-state index is 12.7. The number of hydrogen-bond donors (Lipinski definition) is 1. The van der Waals surface area contributed by atoms with Crippen molar-refractivity contribution in [2.75, 3.05) is 6.61 Å². The molecule has 9 fully saturated rings. The third kappa shape index (κ3) is 7.95. The van der Waals surface area contributed by atoms with Crippen molar-refractivity contribution in [3.63, 3.8) is 0 Å². The Balaban J connectivity index is 0.000000145. The van der Waals surface area contributed by atoms with Gasteiger partial charge in [0.25, 0.3) is 0 Å². The van der Waals surface area contributed by atoms with E-state index in [-0.39, 0.29) is 34.5 Å². The predicted octanol–water partition coefficient (Wildman–Crippen LogP) is 9.54. The molecular formula is C47H76O9. The lowest BCUT2D eigenvalue weighted by Crippen LogP contribution is -2.61. The van der Waals surface area contributed by atoms with Crippen LogP contribution < -0.4 is 0 Å². The van der Waals surface area contributed by atoms with Crippen LogP contribution in [0.1, 0.15) is 179 Å². The second-order valence-corrected chi connectivity index (χ2v) is 22.1. The van der Waals surface area contributed by atoms with Gasteiger partial charge < -0.3 is 24.1 Å². The van der Waals surface area contributed by atoms with E-state index < -0.39 is 28.0 Å². The summed E-state index contributed by atoms with van der Waals surface area (Å²) in [6.45, 7) is 21.8. The summed E-state index contributed by atoms with van der Waals surface area (Å²) in [4.78, 5) is 48.2. The molecule has 56 heavy (non-hydrogen) atoms. The number of carbonyl (C=O) groups is 4. The molecule has 0 aromatic heterocycles. The van der Waals surface area contributed by atoms with Crippen LogP contribution in [0.5, 0.6) is 0 Å². The van der Waals surface area contributed by atoms with E-state index in [4.69, 9.17) is 18.9 Å². The molecule has 1 saturated heterocycles. The third-order valence-electron chi connectivity index (χ3n) is 16.9. The van der Waals surface area contributed by atoms with Gasteiger partial charge in [0.2, 0.25) is 5.60 Å². The van der Waals surface area contributed by atoms with Gasteiger partial charge in [0.05, 0.1) is 28.5 Å². The number of fused-ring (bicyclic) bond motifs is 9. The molecule has 8 aliphatic carbocycles. The molecule has 318 valence electrons. The number of esters is 4. The first kappa shape index (κ1) is 43.4. The summed E-state index contributed by atoms with van der Waals surface area (Å²) in [5, 5.41) is 10.6.